The molecule has 7 heteroatoms. The molecule has 0 saturated heterocycles. The molecule has 0 amide bonds. The number of hydrogen-bond acceptors (Lipinski definition) is 6. The Labute approximate surface area is 198 Å². The van der Waals surface area contributed by atoms with Crippen LogP contribution in [0.3, 0.4) is 0 Å². The smallest absolute Gasteiger partial charge is 0.338 e. The van der Waals surface area contributed by atoms with E-state index in [2.05, 4.69) is 13.8 Å². The van der Waals surface area contributed by atoms with Crippen LogP contribution in [0.2, 0.25) is 0 Å². The number of fused-ring (bicyclic) bond motifs is 3. The number of rotatable bonds is 3. The molecule has 1 spiro atoms. The summed E-state index contributed by atoms with van der Waals surface area (Å²) >= 11 is 0. The van der Waals surface area contributed by atoms with Gasteiger partial charge < -0.3 is 25.2 Å². The monoisotopic (exact) mass is 472 g/mol. The van der Waals surface area contributed by atoms with Gasteiger partial charge in [-0.2, -0.15) is 0 Å². The van der Waals surface area contributed by atoms with Crippen molar-refractivity contribution in [3.8, 4) is 0 Å². The van der Waals surface area contributed by atoms with E-state index in [4.69, 9.17) is 4.74 Å². The van der Waals surface area contributed by atoms with Crippen molar-refractivity contribution < 1.29 is 34.3 Å². The Bertz CT molecular complexity index is 1080. The van der Waals surface area contributed by atoms with Crippen LogP contribution in [0.15, 0.2) is 47.6 Å². The van der Waals surface area contributed by atoms with Crippen LogP contribution in [0.25, 0.3) is 0 Å². The number of aliphatic hydroxyl groups is 4. The maximum Gasteiger partial charge on any atom is 0.338 e. The van der Waals surface area contributed by atoms with Crippen molar-refractivity contribution >= 4 is 5.97 Å². The summed E-state index contributed by atoms with van der Waals surface area (Å²) in [4.78, 5) is 13.0. The Morgan fingerprint density at radius 3 is 2.47 bits per heavy atom. The fraction of sp³-hybridized carbons (Fsp3) is 0.593. The van der Waals surface area contributed by atoms with Crippen molar-refractivity contribution in [3.05, 3.63) is 58.9 Å². The fourth-order valence-corrected chi connectivity index (χ4v) is 7.66. The summed E-state index contributed by atoms with van der Waals surface area (Å²) in [5.74, 6) is -1.40. The van der Waals surface area contributed by atoms with Gasteiger partial charge in [0.05, 0.1) is 23.7 Å². The van der Waals surface area contributed by atoms with E-state index in [-0.39, 0.29) is 34.3 Å². The van der Waals surface area contributed by atoms with Crippen LogP contribution in [0.1, 0.15) is 44.5 Å². The molecule has 1 aromatic rings. The molecule has 9 atom stereocenters. The predicted molar refractivity (Wildman–Crippen MR) is 122 cm³/mol. The summed E-state index contributed by atoms with van der Waals surface area (Å²) < 4.78 is 19.1. The number of ether oxygens (including phenoxy) is 1. The molecule has 2 fully saturated rings. The van der Waals surface area contributed by atoms with Crippen LogP contribution in [0.5, 0.6) is 0 Å². The lowest BCUT2D eigenvalue weighted by Crippen LogP contribution is -2.66. The highest BCUT2D eigenvalue weighted by molar-refractivity contribution is 5.89. The number of benzene rings is 1. The van der Waals surface area contributed by atoms with Crippen molar-refractivity contribution in [2.24, 2.45) is 34.5 Å². The molecular weight excluding hydrogens is 439 g/mol. The molecule has 5 rings (SSSR count). The van der Waals surface area contributed by atoms with Gasteiger partial charge in [0.1, 0.15) is 17.5 Å². The van der Waals surface area contributed by atoms with Gasteiger partial charge in [0.2, 0.25) is 0 Å². The summed E-state index contributed by atoms with van der Waals surface area (Å²) in [5.41, 5.74) is -2.53. The Hall–Kier alpha value is -2.06. The lowest BCUT2D eigenvalue weighted by atomic mass is 9.58. The van der Waals surface area contributed by atoms with Crippen LogP contribution in [0, 0.1) is 40.3 Å². The van der Waals surface area contributed by atoms with Crippen LogP contribution >= 0.6 is 0 Å². The third kappa shape index (κ3) is 2.84. The van der Waals surface area contributed by atoms with E-state index in [0.29, 0.717) is 11.5 Å². The maximum absolute atomic E-state index is 13.3. The largest absolute Gasteiger partial charge is 0.451 e. The summed E-state index contributed by atoms with van der Waals surface area (Å²) in [7, 11) is 0. The molecule has 4 aliphatic rings. The van der Waals surface area contributed by atoms with E-state index in [1.54, 1.807) is 19.1 Å². The molecule has 0 aliphatic heterocycles. The first kappa shape index (κ1) is 23.7. The molecule has 2 saturated carbocycles. The number of aliphatic hydroxyl groups excluding tert-OH is 3. The summed E-state index contributed by atoms with van der Waals surface area (Å²) in [6.45, 7) is 7.52. The zero-order valence-corrected chi connectivity index (χ0v) is 19.9. The SMILES string of the molecule is CC1=CC23C(C)CC4C(C(C=C(CO)C(O)C2(O)C1OC(=O)c1ccc(F)cc1)C3O)C4(C)C. The Morgan fingerprint density at radius 2 is 1.85 bits per heavy atom. The molecule has 0 aromatic heterocycles. The number of carbonyl (C=O) groups is 1. The average Bonchev–Trinajstić information content (AvgIpc) is 3.28. The van der Waals surface area contributed by atoms with Crippen LogP contribution in [-0.4, -0.2) is 56.9 Å². The topological polar surface area (TPSA) is 107 Å². The van der Waals surface area contributed by atoms with Gasteiger partial charge in [-0.15, -0.1) is 0 Å². The number of esters is 1. The van der Waals surface area contributed by atoms with Crippen molar-refractivity contribution in [2.75, 3.05) is 6.61 Å². The second-order valence-electron chi connectivity index (χ2n) is 11.4. The van der Waals surface area contributed by atoms with Gasteiger partial charge in [0, 0.05) is 5.92 Å². The Balaban J connectivity index is 1.62. The minimum atomic E-state index is -2.09. The number of hydrogen-bond donors (Lipinski definition) is 4. The molecule has 184 valence electrons. The third-order valence-electron chi connectivity index (χ3n) is 9.47. The van der Waals surface area contributed by atoms with Gasteiger partial charge >= 0.3 is 5.97 Å². The maximum atomic E-state index is 13.3. The molecular formula is C27H33FO6. The van der Waals surface area contributed by atoms with Gasteiger partial charge in [-0.05, 0) is 71.9 Å². The first-order chi connectivity index (χ1) is 15.9. The molecule has 1 aromatic carbocycles. The minimum Gasteiger partial charge on any atom is -0.451 e. The molecule has 4 aliphatic carbocycles. The molecule has 4 N–H and O–H groups in total. The molecule has 34 heavy (non-hydrogen) atoms. The van der Waals surface area contributed by atoms with Gasteiger partial charge in [0.25, 0.3) is 0 Å². The first-order valence-electron chi connectivity index (χ1n) is 12.0. The Morgan fingerprint density at radius 1 is 1.21 bits per heavy atom. The summed E-state index contributed by atoms with van der Waals surface area (Å²) in [5, 5.41) is 45.9. The molecule has 6 nitrogen and oxygen atoms in total. The van der Waals surface area contributed by atoms with Gasteiger partial charge in [-0.3, -0.25) is 0 Å². The molecule has 2 bridgehead atoms. The second kappa shape index (κ2) is 7.47. The molecule has 0 heterocycles. The average molecular weight is 473 g/mol. The highest BCUT2D eigenvalue weighted by atomic mass is 19.1. The van der Waals surface area contributed by atoms with Crippen LogP contribution in [-0.2, 0) is 4.74 Å². The van der Waals surface area contributed by atoms with E-state index in [1.807, 2.05) is 6.92 Å². The van der Waals surface area contributed by atoms with Gasteiger partial charge in [-0.25, -0.2) is 9.18 Å². The van der Waals surface area contributed by atoms with Crippen molar-refractivity contribution in [1.29, 1.82) is 0 Å². The zero-order chi connectivity index (χ0) is 24.8. The lowest BCUT2D eigenvalue weighted by molar-refractivity contribution is -0.215. The molecule has 9 unspecified atom stereocenters. The predicted octanol–water partition coefficient (Wildman–Crippen LogP) is 2.61. The second-order valence-corrected chi connectivity index (χ2v) is 11.4. The van der Waals surface area contributed by atoms with Crippen molar-refractivity contribution in [2.45, 2.75) is 58.0 Å². The highest BCUT2D eigenvalue weighted by Gasteiger charge is 2.76. The molecule has 0 radical (unpaired) electrons. The zero-order valence-electron chi connectivity index (χ0n) is 19.9. The lowest BCUT2D eigenvalue weighted by Gasteiger charge is -2.52. The first-order valence-corrected chi connectivity index (χ1v) is 12.0. The van der Waals surface area contributed by atoms with Crippen LogP contribution in [0.4, 0.5) is 4.39 Å². The standard InChI is InChI=1S/C27H33FO6/c1-13-11-26-14(2)9-19-20(25(19,3)4)18(22(26)31)10-16(12-29)21(30)27(26,33)23(13)34-24(32)15-5-7-17(28)8-6-15/h5-8,10-11,14,18-23,29-31,33H,9,12H2,1-4H3. The Kier molecular flexibility index (Phi) is 5.20. The quantitative estimate of drug-likeness (QED) is 0.398. The van der Waals surface area contributed by atoms with Crippen molar-refractivity contribution in [3.63, 3.8) is 0 Å². The van der Waals surface area contributed by atoms with Gasteiger partial charge in [0.15, 0.2) is 6.10 Å². The van der Waals surface area contributed by atoms with E-state index in [0.717, 1.165) is 18.6 Å². The minimum absolute atomic E-state index is 0.00218. The van der Waals surface area contributed by atoms with E-state index in [1.165, 1.54) is 12.1 Å². The third-order valence-corrected chi connectivity index (χ3v) is 9.47. The van der Waals surface area contributed by atoms with E-state index >= 15 is 0 Å². The summed E-state index contributed by atoms with van der Waals surface area (Å²) in [6, 6.07) is 4.88. The number of carbonyl (C=O) groups excluding carboxylic acids is 1. The summed E-state index contributed by atoms with van der Waals surface area (Å²) in [6.07, 6.45) is 0.399. The van der Waals surface area contributed by atoms with Gasteiger partial charge in [-0.1, -0.05) is 32.9 Å². The number of halogens is 1. The highest BCUT2D eigenvalue weighted by Crippen LogP contribution is 2.72. The van der Waals surface area contributed by atoms with Crippen molar-refractivity contribution in [1.82, 2.24) is 0 Å². The van der Waals surface area contributed by atoms with E-state index < -0.39 is 47.7 Å². The normalized spacial score (nSPS) is 44.1. The van der Waals surface area contributed by atoms with E-state index in [9.17, 15) is 29.6 Å². The fourth-order valence-electron chi connectivity index (χ4n) is 7.66. The van der Waals surface area contributed by atoms with Crippen LogP contribution < -0.4 is 0 Å².